The highest BCUT2D eigenvalue weighted by molar-refractivity contribution is 5.16. The summed E-state index contributed by atoms with van der Waals surface area (Å²) >= 11 is 0. The molecular formula is C13H17FN5+. The minimum atomic E-state index is -0.220. The zero-order chi connectivity index (χ0) is 13.1. The summed E-state index contributed by atoms with van der Waals surface area (Å²) in [5.74, 6) is 0.684. The van der Waals surface area contributed by atoms with Gasteiger partial charge in [-0.25, -0.2) is 9.07 Å². The second-order valence-electron chi connectivity index (χ2n) is 5.01. The summed E-state index contributed by atoms with van der Waals surface area (Å²) in [7, 11) is 0. The molecule has 0 amide bonds. The number of halogens is 1. The first-order chi connectivity index (χ1) is 9.31. The van der Waals surface area contributed by atoms with Gasteiger partial charge in [-0.2, -0.15) is 0 Å². The van der Waals surface area contributed by atoms with Gasteiger partial charge in [0, 0.05) is 12.8 Å². The number of hydrogen-bond donors (Lipinski definition) is 1. The van der Waals surface area contributed by atoms with Gasteiger partial charge in [0.05, 0.1) is 19.6 Å². The summed E-state index contributed by atoms with van der Waals surface area (Å²) < 4.78 is 14.7. The fourth-order valence-corrected chi connectivity index (χ4v) is 2.51. The summed E-state index contributed by atoms with van der Waals surface area (Å²) in [6, 6.07) is 6.46. The molecule has 0 unspecified atom stereocenters. The first-order valence-electron chi connectivity index (χ1n) is 6.64. The third kappa shape index (κ3) is 2.96. The number of nitrogens with zero attached hydrogens (tertiary/aromatic N) is 4. The van der Waals surface area contributed by atoms with Crippen molar-refractivity contribution in [2.75, 3.05) is 13.1 Å². The highest BCUT2D eigenvalue weighted by Gasteiger charge is 2.19. The number of quaternary nitrogens is 1. The van der Waals surface area contributed by atoms with E-state index in [4.69, 9.17) is 0 Å². The Bertz CT molecular complexity index is 530. The Morgan fingerprint density at radius 1 is 1.16 bits per heavy atom. The molecule has 6 heteroatoms. The standard InChI is InChI=1S/C13H16FN5/c14-12-5-3-11(4-6-12)9-19-13(15-16-17-19)10-18-7-1-2-8-18/h3-6H,1-2,7-10H2/p+1. The lowest BCUT2D eigenvalue weighted by Gasteiger charge is -2.11. The number of nitrogens with one attached hydrogen (secondary N) is 1. The van der Waals surface area contributed by atoms with E-state index in [9.17, 15) is 4.39 Å². The molecule has 0 radical (unpaired) electrons. The Balaban J connectivity index is 1.70. The van der Waals surface area contributed by atoms with Crippen molar-refractivity contribution in [3.05, 3.63) is 41.5 Å². The summed E-state index contributed by atoms with van der Waals surface area (Å²) in [4.78, 5) is 1.54. The van der Waals surface area contributed by atoms with E-state index in [2.05, 4.69) is 15.5 Å². The Hall–Kier alpha value is -1.82. The van der Waals surface area contributed by atoms with Crippen LogP contribution in [0.5, 0.6) is 0 Å². The molecule has 0 spiro atoms. The van der Waals surface area contributed by atoms with Gasteiger partial charge < -0.3 is 4.90 Å². The van der Waals surface area contributed by atoms with Gasteiger partial charge in [0.15, 0.2) is 0 Å². The molecule has 0 aliphatic carbocycles. The molecule has 1 aromatic heterocycles. The highest BCUT2D eigenvalue weighted by atomic mass is 19.1. The van der Waals surface area contributed by atoms with Gasteiger partial charge >= 0.3 is 0 Å². The molecule has 2 aromatic rings. The van der Waals surface area contributed by atoms with Crippen LogP contribution in [0, 0.1) is 5.82 Å². The minimum absolute atomic E-state index is 0.220. The van der Waals surface area contributed by atoms with Crippen LogP contribution >= 0.6 is 0 Å². The van der Waals surface area contributed by atoms with Crippen molar-refractivity contribution in [3.8, 4) is 0 Å². The lowest BCUT2D eigenvalue weighted by atomic mass is 10.2. The molecule has 3 rings (SSSR count). The van der Waals surface area contributed by atoms with E-state index in [0.717, 1.165) is 17.9 Å². The lowest BCUT2D eigenvalue weighted by Crippen LogP contribution is -3.08. The fourth-order valence-electron chi connectivity index (χ4n) is 2.51. The van der Waals surface area contributed by atoms with E-state index in [-0.39, 0.29) is 5.82 Å². The molecule has 0 saturated carbocycles. The summed E-state index contributed by atoms with van der Waals surface area (Å²) in [5.41, 5.74) is 1.01. The van der Waals surface area contributed by atoms with Crippen LogP contribution < -0.4 is 4.90 Å². The quantitative estimate of drug-likeness (QED) is 0.846. The topological polar surface area (TPSA) is 48.0 Å². The predicted molar refractivity (Wildman–Crippen MR) is 67.0 cm³/mol. The molecule has 5 nitrogen and oxygen atoms in total. The third-order valence-electron chi connectivity index (χ3n) is 3.57. The van der Waals surface area contributed by atoms with Crippen molar-refractivity contribution in [1.29, 1.82) is 0 Å². The van der Waals surface area contributed by atoms with Gasteiger partial charge in [0.1, 0.15) is 12.4 Å². The number of rotatable bonds is 4. The second kappa shape index (κ2) is 5.44. The van der Waals surface area contributed by atoms with Gasteiger partial charge in [-0.15, -0.1) is 5.10 Å². The van der Waals surface area contributed by atoms with E-state index in [0.29, 0.717) is 6.54 Å². The number of likely N-dealkylation sites (tertiary alicyclic amines) is 1. The van der Waals surface area contributed by atoms with Gasteiger partial charge in [-0.3, -0.25) is 0 Å². The normalized spacial score (nSPS) is 16.1. The average Bonchev–Trinajstić information content (AvgIpc) is 3.06. The van der Waals surface area contributed by atoms with Gasteiger partial charge in [-0.1, -0.05) is 12.1 Å². The van der Waals surface area contributed by atoms with Crippen LogP contribution in [0.25, 0.3) is 0 Å². The van der Waals surface area contributed by atoms with Gasteiger partial charge in [-0.05, 0) is 28.1 Å². The van der Waals surface area contributed by atoms with Crippen molar-refractivity contribution in [1.82, 2.24) is 20.2 Å². The van der Waals surface area contributed by atoms with Crippen molar-refractivity contribution >= 4 is 0 Å². The zero-order valence-electron chi connectivity index (χ0n) is 10.7. The van der Waals surface area contributed by atoms with Crippen LogP contribution in [-0.4, -0.2) is 33.3 Å². The van der Waals surface area contributed by atoms with Crippen LogP contribution in [-0.2, 0) is 13.1 Å². The summed E-state index contributed by atoms with van der Waals surface area (Å²) in [6.45, 7) is 3.86. The number of tetrazole rings is 1. The molecular weight excluding hydrogens is 245 g/mol. The smallest absolute Gasteiger partial charge is 0.206 e. The molecule has 2 heterocycles. The molecule has 1 aliphatic heterocycles. The molecule has 1 aliphatic rings. The molecule has 100 valence electrons. The largest absolute Gasteiger partial charge is 0.329 e. The van der Waals surface area contributed by atoms with Crippen LogP contribution in [0.2, 0.25) is 0 Å². The van der Waals surface area contributed by atoms with E-state index in [1.807, 2.05) is 0 Å². The third-order valence-corrected chi connectivity index (χ3v) is 3.57. The monoisotopic (exact) mass is 262 g/mol. The van der Waals surface area contributed by atoms with Crippen molar-refractivity contribution in [3.63, 3.8) is 0 Å². The van der Waals surface area contributed by atoms with Crippen LogP contribution in [0.15, 0.2) is 24.3 Å². The maximum absolute atomic E-state index is 12.9. The Labute approximate surface area is 111 Å². The molecule has 19 heavy (non-hydrogen) atoms. The number of benzene rings is 1. The maximum Gasteiger partial charge on any atom is 0.206 e. The second-order valence-corrected chi connectivity index (χ2v) is 5.01. The number of aromatic nitrogens is 4. The van der Waals surface area contributed by atoms with Crippen LogP contribution in [0.1, 0.15) is 24.2 Å². The summed E-state index contributed by atoms with van der Waals surface area (Å²) in [5, 5.41) is 11.9. The predicted octanol–water partition coefficient (Wildman–Crippen LogP) is 0.0392. The molecule has 1 fully saturated rings. The van der Waals surface area contributed by atoms with Crippen molar-refractivity contribution in [2.24, 2.45) is 0 Å². The van der Waals surface area contributed by atoms with E-state index in [1.165, 1.54) is 43.0 Å². The molecule has 1 N–H and O–H groups in total. The number of hydrogen-bond acceptors (Lipinski definition) is 3. The fraction of sp³-hybridized carbons (Fsp3) is 0.462. The van der Waals surface area contributed by atoms with Crippen molar-refractivity contribution < 1.29 is 9.29 Å². The van der Waals surface area contributed by atoms with E-state index >= 15 is 0 Å². The maximum atomic E-state index is 12.9. The minimum Gasteiger partial charge on any atom is -0.329 e. The summed E-state index contributed by atoms with van der Waals surface area (Å²) in [6.07, 6.45) is 2.57. The SMILES string of the molecule is Fc1ccc(Cn2nnnc2C[NH+]2CCCC2)cc1. The van der Waals surface area contributed by atoms with Gasteiger partial charge in [0.2, 0.25) is 5.82 Å². The average molecular weight is 262 g/mol. The Kier molecular flexibility index (Phi) is 3.50. The Morgan fingerprint density at radius 3 is 2.63 bits per heavy atom. The molecule has 1 aromatic carbocycles. The van der Waals surface area contributed by atoms with E-state index < -0.39 is 0 Å². The molecule has 0 bridgehead atoms. The van der Waals surface area contributed by atoms with E-state index in [1.54, 1.807) is 16.8 Å². The molecule has 0 atom stereocenters. The zero-order valence-corrected chi connectivity index (χ0v) is 10.7. The van der Waals surface area contributed by atoms with Gasteiger partial charge in [0.25, 0.3) is 0 Å². The highest BCUT2D eigenvalue weighted by Crippen LogP contribution is 2.05. The van der Waals surface area contributed by atoms with Crippen LogP contribution in [0.4, 0.5) is 4.39 Å². The van der Waals surface area contributed by atoms with Crippen molar-refractivity contribution in [2.45, 2.75) is 25.9 Å². The Morgan fingerprint density at radius 2 is 1.89 bits per heavy atom. The lowest BCUT2D eigenvalue weighted by molar-refractivity contribution is -0.902. The first-order valence-corrected chi connectivity index (χ1v) is 6.64. The molecule has 1 saturated heterocycles. The van der Waals surface area contributed by atoms with Crippen LogP contribution in [0.3, 0.4) is 0 Å². The first kappa shape index (κ1) is 12.2.